The maximum Gasteiger partial charge on any atom is 0.272 e. The van der Waals surface area contributed by atoms with Crippen LogP contribution in [-0.4, -0.2) is 58.4 Å². The number of piperazine rings is 1. The molecule has 25 heavy (non-hydrogen) atoms. The number of hydrogen-bond acceptors (Lipinski definition) is 5. The molecule has 0 bridgehead atoms. The van der Waals surface area contributed by atoms with Crippen LogP contribution in [0.3, 0.4) is 0 Å². The lowest BCUT2D eigenvalue weighted by Gasteiger charge is -2.33. The molecule has 0 spiro atoms. The van der Waals surface area contributed by atoms with E-state index in [2.05, 4.69) is 27.1 Å². The van der Waals surface area contributed by atoms with E-state index in [0.717, 1.165) is 44.0 Å². The van der Waals surface area contributed by atoms with Crippen LogP contribution in [0, 0.1) is 6.92 Å². The van der Waals surface area contributed by atoms with Gasteiger partial charge in [-0.1, -0.05) is 24.6 Å². The third-order valence-electron chi connectivity index (χ3n) is 4.44. The highest BCUT2D eigenvalue weighted by atomic mass is 35.5. The van der Waals surface area contributed by atoms with Crippen LogP contribution < -0.4 is 5.32 Å². The summed E-state index contributed by atoms with van der Waals surface area (Å²) >= 11 is 6.15. The van der Waals surface area contributed by atoms with Crippen LogP contribution in [0.4, 0.5) is 11.5 Å². The summed E-state index contributed by atoms with van der Waals surface area (Å²) in [5.74, 6) is 0.522. The van der Waals surface area contributed by atoms with Crippen LogP contribution in [0.2, 0.25) is 5.02 Å². The number of nitrogens with one attached hydrogen (secondary N) is 1. The van der Waals surface area contributed by atoms with Crippen molar-refractivity contribution in [3.63, 3.8) is 0 Å². The number of benzene rings is 1. The highest BCUT2D eigenvalue weighted by Crippen LogP contribution is 2.22. The van der Waals surface area contributed by atoms with Crippen molar-refractivity contribution in [1.29, 1.82) is 0 Å². The molecule has 0 atom stereocenters. The maximum absolute atomic E-state index is 12.7. The molecule has 2 aromatic rings. The van der Waals surface area contributed by atoms with Crippen molar-refractivity contribution >= 4 is 29.0 Å². The van der Waals surface area contributed by atoms with Crippen molar-refractivity contribution < 1.29 is 4.79 Å². The fourth-order valence-electron chi connectivity index (χ4n) is 2.79. The van der Waals surface area contributed by atoms with Gasteiger partial charge in [-0.2, -0.15) is 0 Å². The van der Waals surface area contributed by atoms with E-state index in [4.69, 9.17) is 11.6 Å². The van der Waals surface area contributed by atoms with Crippen molar-refractivity contribution in [3.05, 3.63) is 46.9 Å². The van der Waals surface area contributed by atoms with Crippen molar-refractivity contribution in [3.8, 4) is 0 Å². The van der Waals surface area contributed by atoms with Gasteiger partial charge in [-0.05, 0) is 31.2 Å². The minimum Gasteiger partial charge on any atom is -0.340 e. The average Bonchev–Trinajstić information content (AvgIpc) is 2.64. The molecule has 0 aliphatic carbocycles. The predicted octanol–water partition coefficient (Wildman–Crippen LogP) is 2.96. The summed E-state index contributed by atoms with van der Waals surface area (Å²) in [5, 5.41) is 3.86. The number of anilines is 2. The van der Waals surface area contributed by atoms with Gasteiger partial charge in [-0.25, -0.2) is 9.97 Å². The van der Waals surface area contributed by atoms with Crippen LogP contribution in [0.15, 0.2) is 30.6 Å². The SMILES string of the molecule is CCN1CCN(C(=O)c2cc(Nc3ccc(C)c(Cl)c3)ncn2)CC1. The van der Waals surface area contributed by atoms with E-state index in [0.29, 0.717) is 16.5 Å². The Hall–Kier alpha value is -2.18. The fraction of sp³-hybridized carbons (Fsp3) is 0.389. The highest BCUT2D eigenvalue weighted by molar-refractivity contribution is 6.31. The Morgan fingerprint density at radius 3 is 2.64 bits per heavy atom. The number of rotatable bonds is 4. The van der Waals surface area contributed by atoms with Crippen molar-refractivity contribution in [2.75, 3.05) is 38.0 Å². The predicted molar refractivity (Wildman–Crippen MR) is 99.5 cm³/mol. The van der Waals surface area contributed by atoms with E-state index in [1.807, 2.05) is 30.0 Å². The molecule has 1 aromatic carbocycles. The molecule has 0 radical (unpaired) electrons. The highest BCUT2D eigenvalue weighted by Gasteiger charge is 2.22. The molecule has 0 unspecified atom stereocenters. The van der Waals surface area contributed by atoms with E-state index in [-0.39, 0.29) is 5.91 Å². The van der Waals surface area contributed by atoms with E-state index in [1.165, 1.54) is 6.33 Å². The van der Waals surface area contributed by atoms with Gasteiger partial charge in [0.15, 0.2) is 0 Å². The molecule has 1 saturated heterocycles. The molecule has 1 aliphatic heterocycles. The van der Waals surface area contributed by atoms with E-state index in [1.54, 1.807) is 6.07 Å². The van der Waals surface area contributed by atoms with E-state index < -0.39 is 0 Å². The van der Waals surface area contributed by atoms with Gasteiger partial charge >= 0.3 is 0 Å². The molecule has 7 heteroatoms. The smallest absolute Gasteiger partial charge is 0.272 e. The van der Waals surface area contributed by atoms with Gasteiger partial charge in [0.1, 0.15) is 17.8 Å². The fourth-order valence-corrected chi connectivity index (χ4v) is 2.97. The normalized spacial score (nSPS) is 15.2. The Morgan fingerprint density at radius 1 is 1.20 bits per heavy atom. The van der Waals surface area contributed by atoms with Crippen LogP contribution in [0.5, 0.6) is 0 Å². The van der Waals surface area contributed by atoms with Gasteiger partial charge in [0.25, 0.3) is 5.91 Å². The summed E-state index contributed by atoms with van der Waals surface area (Å²) in [7, 11) is 0. The zero-order valence-electron chi connectivity index (χ0n) is 14.5. The number of nitrogens with zero attached hydrogens (tertiary/aromatic N) is 4. The number of hydrogen-bond donors (Lipinski definition) is 1. The first-order valence-electron chi connectivity index (χ1n) is 8.43. The monoisotopic (exact) mass is 359 g/mol. The first kappa shape index (κ1) is 17.6. The second-order valence-electron chi connectivity index (χ2n) is 6.10. The first-order valence-corrected chi connectivity index (χ1v) is 8.81. The Morgan fingerprint density at radius 2 is 1.96 bits per heavy atom. The third-order valence-corrected chi connectivity index (χ3v) is 4.84. The van der Waals surface area contributed by atoms with Crippen molar-refractivity contribution in [2.45, 2.75) is 13.8 Å². The molecule has 1 fully saturated rings. The average molecular weight is 360 g/mol. The number of halogens is 1. The van der Waals surface area contributed by atoms with Crippen LogP contribution in [0.1, 0.15) is 23.0 Å². The number of amides is 1. The zero-order valence-corrected chi connectivity index (χ0v) is 15.3. The molecule has 1 amide bonds. The van der Waals surface area contributed by atoms with Gasteiger partial charge in [0.05, 0.1) is 0 Å². The molecule has 0 saturated carbocycles. The van der Waals surface area contributed by atoms with E-state index in [9.17, 15) is 4.79 Å². The molecular formula is C18H22ClN5O. The van der Waals surface area contributed by atoms with Gasteiger partial charge in [0, 0.05) is 43.0 Å². The van der Waals surface area contributed by atoms with Crippen LogP contribution >= 0.6 is 11.6 Å². The topological polar surface area (TPSA) is 61.4 Å². The Bertz CT molecular complexity index is 759. The van der Waals surface area contributed by atoms with Gasteiger partial charge in [0.2, 0.25) is 0 Å². The lowest BCUT2D eigenvalue weighted by Crippen LogP contribution is -2.48. The maximum atomic E-state index is 12.7. The largest absolute Gasteiger partial charge is 0.340 e. The number of carbonyl (C=O) groups is 1. The van der Waals surface area contributed by atoms with Gasteiger partial charge in [-0.15, -0.1) is 0 Å². The minimum absolute atomic E-state index is 0.0526. The van der Waals surface area contributed by atoms with Gasteiger partial charge < -0.3 is 15.1 Å². The third kappa shape index (κ3) is 4.27. The lowest BCUT2D eigenvalue weighted by atomic mass is 10.2. The summed E-state index contributed by atoms with van der Waals surface area (Å²) in [5.41, 5.74) is 2.24. The summed E-state index contributed by atoms with van der Waals surface area (Å²) in [6, 6.07) is 7.38. The number of carbonyl (C=O) groups excluding carboxylic acids is 1. The summed E-state index contributed by atoms with van der Waals surface area (Å²) in [4.78, 5) is 25.2. The molecule has 1 N–H and O–H groups in total. The molecule has 3 rings (SSSR count). The molecule has 2 heterocycles. The summed E-state index contributed by atoms with van der Waals surface area (Å²) in [6.45, 7) is 8.37. The van der Waals surface area contributed by atoms with E-state index >= 15 is 0 Å². The van der Waals surface area contributed by atoms with Crippen LogP contribution in [-0.2, 0) is 0 Å². The molecule has 1 aromatic heterocycles. The second-order valence-corrected chi connectivity index (χ2v) is 6.51. The van der Waals surface area contributed by atoms with Crippen molar-refractivity contribution in [2.24, 2.45) is 0 Å². The molecular weight excluding hydrogens is 338 g/mol. The van der Waals surface area contributed by atoms with Crippen LogP contribution in [0.25, 0.3) is 0 Å². The standard InChI is InChI=1S/C18H22ClN5O/c1-3-23-6-8-24(9-7-23)18(25)16-11-17(21-12-20-16)22-14-5-4-13(2)15(19)10-14/h4-5,10-12H,3,6-9H2,1-2H3,(H,20,21,22). The number of aryl methyl sites for hydroxylation is 1. The van der Waals surface area contributed by atoms with Gasteiger partial charge in [-0.3, -0.25) is 4.79 Å². The summed E-state index contributed by atoms with van der Waals surface area (Å²) < 4.78 is 0. The molecule has 1 aliphatic rings. The Balaban J connectivity index is 1.70. The molecule has 6 nitrogen and oxygen atoms in total. The quantitative estimate of drug-likeness (QED) is 0.909. The minimum atomic E-state index is -0.0526. The molecule has 132 valence electrons. The summed E-state index contributed by atoms with van der Waals surface area (Å²) in [6.07, 6.45) is 1.41. The lowest BCUT2D eigenvalue weighted by molar-refractivity contribution is 0.0637. The first-order chi connectivity index (χ1) is 12.1. The number of likely N-dealkylation sites (N-methyl/N-ethyl adjacent to an activating group) is 1. The second kappa shape index (κ2) is 7.80. The number of aromatic nitrogens is 2. The Labute approximate surface area is 152 Å². The Kier molecular flexibility index (Phi) is 5.50. The zero-order chi connectivity index (χ0) is 17.8. The van der Waals surface area contributed by atoms with Crippen molar-refractivity contribution in [1.82, 2.24) is 19.8 Å².